The minimum Gasteiger partial charge on any atom is -0.492 e. The molecule has 7 nitrogen and oxygen atoms in total. The number of nitrogens with one attached hydrogen (secondary N) is 1. The molecular weight excluding hydrogens is 377 g/mol. The number of hydrogen-bond acceptors (Lipinski definition) is 5. The Hall–Kier alpha value is -2.61. The lowest BCUT2D eigenvalue weighted by molar-refractivity contribution is 0.0695. The maximum absolute atomic E-state index is 15.2. The topological polar surface area (TPSA) is 83.8 Å². The van der Waals surface area contributed by atoms with E-state index in [-0.39, 0.29) is 17.0 Å². The molecule has 1 saturated carbocycles. The van der Waals surface area contributed by atoms with Crippen molar-refractivity contribution in [2.24, 2.45) is 5.92 Å². The van der Waals surface area contributed by atoms with Crippen LogP contribution in [0.1, 0.15) is 42.6 Å². The lowest BCUT2D eigenvalue weighted by atomic mass is 10.1. The fraction of sp³-hybridized carbons (Fsp3) is 0.524. The number of aromatic carboxylic acids is 1. The summed E-state index contributed by atoms with van der Waals surface area (Å²) in [5, 5.41) is 12.8. The normalized spacial score (nSPS) is 19.1. The SMILES string of the molecule is CCNC[C@H]1CCN(c2c(F)cc3c(=O)c(C(=O)O)cn(C4CC4)c3c2OC)C1. The molecule has 1 aromatic carbocycles. The number of methoxy groups -OCH3 is 1. The first-order chi connectivity index (χ1) is 14.0. The van der Waals surface area contributed by atoms with Crippen LogP contribution in [-0.4, -0.2) is 48.9 Å². The highest BCUT2D eigenvalue weighted by Gasteiger charge is 2.33. The number of aromatic nitrogens is 1. The molecular formula is C21H26FN3O4. The van der Waals surface area contributed by atoms with E-state index >= 15 is 4.39 Å². The molecule has 156 valence electrons. The summed E-state index contributed by atoms with van der Waals surface area (Å²) in [7, 11) is 1.47. The van der Waals surface area contributed by atoms with E-state index in [4.69, 9.17) is 4.74 Å². The zero-order valence-electron chi connectivity index (χ0n) is 16.7. The molecule has 2 heterocycles. The summed E-state index contributed by atoms with van der Waals surface area (Å²) in [5.41, 5.74) is -0.183. The highest BCUT2D eigenvalue weighted by molar-refractivity contribution is 5.97. The van der Waals surface area contributed by atoms with Crippen molar-refractivity contribution in [3.05, 3.63) is 33.9 Å². The van der Waals surface area contributed by atoms with Crippen LogP contribution in [0.25, 0.3) is 10.9 Å². The summed E-state index contributed by atoms with van der Waals surface area (Å²) in [6.45, 7) is 5.23. The van der Waals surface area contributed by atoms with E-state index in [2.05, 4.69) is 12.2 Å². The van der Waals surface area contributed by atoms with Crippen LogP contribution in [0.3, 0.4) is 0 Å². The van der Waals surface area contributed by atoms with Crippen molar-refractivity contribution in [3.8, 4) is 5.75 Å². The van der Waals surface area contributed by atoms with Crippen molar-refractivity contribution < 1.29 is 19.0 Å². The molecule has 29 heavy (non-hydrogen) atoms. The molecule has 0 spiro atoms. The van der Waals surface area contributed by atoms with E-state index in [1.54, 1.807) is 4.57 Å². The highest BCUT2D eigenvalue weighted by Crippen LogP contribution is 2.44. The van der Waals surface area contributed by atoms with Gasteiger partial charge in [0.15, 0.2) is 11.6 Å². The van der Waals surface area contributed by atoms with Crippen LogP contribution in [0.5, 0.6) is 5.75 Å². The predicted octanol–water partition coefficient (Wildman–Crippen LogP) is 2.62. The number of anilines is 1. The summed E-state index contributed by atoms with van der Waals surface area (Å²) in [6.07, 6.45) is 4.11. The first-order valence-corrected chi connectivity index (χ1v) is 10.1. The minimum atomic E-state index is -1.31. The molecule has 1 aliphatic heterocycles. The molecule has 1 atom stereocenters. The summed E-state index contributed by atoms with van der Waals surface area (Å²) < 4.78 is 22.7. The summed E-state index contributed by atoms with van der Waals surface area (Å²) in [5.74, 6) is -1.14. The maximum atomic E-state index is 15.2. The van der Waals surface area contributed by atoms with Crippen LogP contribution in [-0.2, 0) is 0 Å². The Morgan fingerprint density at radius 3 is 2.76 bits per heavy atom. The molecule has 0 unspecified atom stereocenters. The second kappa shape index (κ2) is 7.67. The van der Waals surface area contributed by atoms with Crippen molar-refractivity contribution in [1.29, 1.82) is 0 Å². The second-order valence-corrected chi connectivity index (χ2v) is 7.86. The Labute approximate surface area is 168 Å². The van der Waals surface area contributed by atoms with Gasteiger partial charge in [0.1, 0.15) is 11.3 Å². The van der Waals surface area contributed by atoms with E-state index in [0.717, 1.165) is 32.4 Å². The van der Waals surface area contributed by atoms with Gasteiger partial charge >= 0.3 is 5.97 Å². The first-order valence-electron chi connectivity index (χ1n) is 10.1. The molecule has 4 rings (SSSR count). The molecule has 0 amide bonds. The van der Waals surface area contributed by atoms with Gasteiger partial charge in [0.05, 0.1) is 18.0 Å². The Kier molecular flexibility index (Phi) is 5.21. The number of benzene rings is 1. The molecule has 2 fully saturated rings. The van der Waals surface area contributed by atoms with E-state index in [9.17, 15) is 14.7 Å². The Morgan fingerprint density at radius 2 is 2.14 bits per heavy atom. The van der Waals surface area contributed by atoms with Crippen LogP contribution in [0.4, 0.5) is 10.1 Å². The summed E-state index contributed by atoms with van der Waals surface area (Å²) >= 11 is 0. The molecule has 1 aliphatic carbocycles. The largest absolute Gasteiger partial charge is 0.492 e. The van der Waals surface area contributed by atoms with Crippen LogP contribution < -0.4 is 20.4 Å². The van der Waals surface area contributed by atoms with E-state index < -0.39 is 17.2 Å². The molecule has 0 radical (unpaired) electrons. The molecule has 2 N–H and O–H groups in total. The Balaban J connectivity index is 1.88. The molecule has 8 heteroatoms. The Bertz CT molecular complexity index is 1020. The Morgan fingerprint density at radius 1 is 1.38 bits per heavy atom. The number of carbonyl (C=O) groups is 1. The number of carboxylic acids is 1. The number of pyridine rings is 1. The van der Waals surface area contributed by atoms with Crippen LogP contribution >= 0.6 is 0 Å². The van der Waals surface area contributed by atoms with E-state index in [1.807, 2.05) is 4.90 Å². The van der Waals surface area contributed by atoms with Gasteiger partial charge in [-0.15, -0.1) is 0 Å². The third-order valence-corrected chi connectivity index (χ3v) is 5.86. The lowest BCUT2D eigenvalue weighted by Gasteiger charge is -2.25. The second-order valence-electron chi connectivity index (χ2n) is 7.86. The summed E-state index contributed by atoms with van der Waals surface area (Å²) in [4.78, 5) is 26.3. The molecule has 2 aliphatic rings. The summed E-state index contributed by atoms with van der Waals surface area (Å²) in [6, 6.07) is 1.28. The van der Waals surface area contributed by atoms with E-state index in [0.29, 0.717) is 36.0 Å². The molecule has 1 saturated heterocycles. The van der Waals surface area contributed by atoms with Crippen LogP contribution in [0.15, 0.2) is 17.1 Å². The maximum Gasteiger partial charge on any atom is 0.341 e. The fourth-order valence-corrected chi connectivity index (χ4v) is 4.27. The number of hydrogen-bond donors (Lipinski definition) is 2. The van der Waals surface area contributed by atoms with Gasteiger partial charge in [-0.25, -0.2) is 9.18 Å². The van der Waals surface area contributed by atoms with Crippen molar-refractivity contribution in [1.82, 2.24) is 9.88 Å². The van der Waals surface area contributed by atoms with Gasteiger partial charge in [0.2, 0.25) is 5.43 Å². The van der Waals surface area contributed by atoms with Gasteiger partial charge in [-0.2, -0.15) is 0 Å². The highest BCUT2D eigenvalue weighted by atomic mass is 19.1. The zero-order chi connectivity index (χ0) is 20.7. The predicted molar refractivity (Wildman–Crippen MR) is 109 cm³/mol. The van der Waals surface area contributed by atoms with Crippen molar-refractivity contribution in [2.75, 3.05) is 38.2 Å². The van der Waals surface area contributed by atoms with Gasteiger partial charge in [-0.3, -0.25) is 4.79 Å². The zero-order valence-corrected chi connectivity index (χ0v) is 16.7. The van der Waals surface area contributed by atoms with Gasteiger partial charge in [0.25, 0.3) is 0 Å². The number of fused-ring (bicyclic) bond motifs is 1. The van der Waals surface area contributed by atoms with Crippen LogP contribution in [0.2, 0.25) is 0 Å². The lowest BCUT2D eigenvalue weighted by Crippen LogP contribution is -2.27. The standard InChI is InChI=1S/C21H26FN3O4/c1-3-23-9-12-6-7-24(10-12)18-16(22)8-14-17(20(18)29-2)25(13-4-5-13)11-15(19(14)26)21(27)28/h8,11-13,23H,3-7,9-10H2,1-2H3,(H,27,28)/t12-/m1/s1. The quantitative estimate of drug-likeness (QED) is 0.740. The van der Waals surface area contributed by atoms with Gasteiger partial charge < -0.3 is 24.6 Å². The van der Waals surface area contributed by atoms with Crippen molar-refractivity contribution in [2.45, 2.75) is 32.2 Å². The third-order valence-electron chi connectivity index (χ3n) is 5.86. The minimum absolute atomic E-state index is 0.0540. The average Bonchev–Trinajstić information content (AvgIpc) is 3.44. The molecule has 1 aromatic heterocycles. The number of carboxylic acid groups (broad SMARTS) is 1. The van der Waals surface area contributed by atoms with E-state index in [1.165, 1.54) is 19.4 Å². The number of rotatable bonds is 7. The number of halogens is 1. The number of nitrogens with zero attached hydrogens (tertiary/aromatic N) is 2. The monoisotopic (exact) mass is 403 g/mol. The average molecular weight is 403 g/mol. The first kappa shape index (κ1) is 19.7. The van der Waals surface area contributed by atoms with Crippen molar-refractivity contribution >= 4 is 22.6 Å². The van der Waals surface area contributed by atoms with Crippen LogP contribution in [0, 0.1) is 11.7 Å². The molecule has 0 bridgehead atoms. The smallest absolute Gasteiger partial charge is 0.341 e. The number of ether oxygens (including phenoxy) is 1. The third kappa shape index (κ3) is 3.46. The van der Waals surface area contributed by atoms with Gasteiger partial charge in [0, 0.05) is 25.3 Å². The van der Waals surface area contributed by atoms with Gasteiger partial charge in [-0.1, -0.05) is 6.92 Å². The van der Waals surface area contributed by atoms with Crippen molar-refractivity contribution in [3.63, 3.8) is 0 Å². The van der Waals surface area contributed by atoms with Gasteiger partial charge in [-0.05, 0) is 44.3 Å². The molecule has 2 aromatic rings. The fourth-order valence-electron chi connectivity index (χ4n) is 4.27.